The zero-order valence-electron chi connectivity index (χ0n) is 19.6. The lowest BCUT2D eigenvalue weighted by molar-refractivity contribution is 0.0257. The van der Waals surface area contributed by atoms with E-state index >= 15 is 0 Å². The van der Waals surface area contributed by atoms with Crippen molar-refractivity contribution in [2.45, 2.75) is 77.7 Å². The Morgan fingerprint density at radius 2 is 1.87 bits per heavy atom. The van der Waals surface area contributed by atoms with E-state index in [9.17, 15) is 0 Å². The third kappa shape index (κ3) is 3.65. The summed E-state index contributed by atoms with van der Waals surface area (Å²) < 4.78 is 11.0. The first-order chi connectivity index (χ1) is 14.9. The normalized spacial score (nSPS) is 29.0. The van der Waals surface area contributed by atoms with Gasteiger partial charge in [0.2, 0.25) is 6.79 Å². The van der Waals surface area contributed by atoms with Crippen molar-refractivity contribution in [2.75, 3.05) is 13.3 Å². The Labute approximate surface area is 187 Å². The first-order valence-corrected chi connectivity index (χ1v) is 12.1. The molecule has 31 heavy (non-hydrogen) atoms. The average molecular weight is 420 g/mol. The lowest BCUT2D eigenvalue weighted by Crippen LogP contribution is -2.52. The molecule has 1 heterocycles. The Morgan fingerprint density at radius 3 is 2.71 bits per heavy atom. The molecular formula is C28H37NO2. The van der Waals surface area contributed by atoms with Crippen LogP contribution in [0.3, 0.4) is 0 Å². The van der Waals surface area contributed by atoms with Crippen LogP contribution in [0.1, 0.15) is 81.5 Å². The van der Waals surface area contributed by atoms with E-state index in [-0.39, 0.29) is 0 Å². The number of hydrogen-bond donors (Lipinski definition) is 1. The Kier molecular flexibility index (Phi) is 5.29. The Morgan fingerprint density at radius 1 is 1.03 bits per heavy atom. The molecule has 0 radical (unpaired) electrons. The minimum absolute atomic E-state index is 0.302. The van der Waals surface area contributed by atoms with Crippen molar-refractivity contribution >= 4 is 0 Å². The van der Waals surface area contributed by atoms with E-state index in [1.165, 1.54) is 43.2 Å². The lowest BCUT2D eigenvalue weighted by atomic mass is 9.49. The van der Waals surface area contributed by atoms with Gasteiger partial charge in [-0.05, 0) is 82.7 Å². The van der Waals surface area contributed by atoms with E-state index in [0.29, 0.717) is 23.5 Å². The number of aryl methyl sites for hydroxylation is 1. The second-order valence-electron chi connectivity index (χ2n) is 10.9. The smallest absolute Gasteiger partial charge is 0.231 e. The molecule has 166 valence electrons. The molecule has 0 unspecified atom stereocenters. The minimum atomic E-state index is 0.302. The van der Waals surface area contributed by atoms with Crippen molar-refractivity contribution in [3.05, 3.63) is 58.7 Å². The molecule has 2 aromatic rings. The van der Waals surface area contributed by atoms with Gasteiger partial charge in [-0.25, -0.2) is 0 Å². The topological polar surface area (TPSA) is 30.5 Å². The van der Waals surface area contributed by atoms with E-state index in [4.69, 9.17) is 9.47 Å². The Bertz CT molecular complexity index is 967. The van der Waals surface area contributed by atoms with Crippen LogP contribution >= 0.6 is 0 Å². The third-order valence-electron chi connectivity index (χ3n) is 8.46. The summed E-state index contributed by atoms with van der Waals surface area (Å²) in [6.45, 7) is 12.0. The van der Waals surface area contributed by atoms with Crippen molar-refractivity contribution < 1.29 is 9.47 Å². The van der Waals surface area contributed by atoms with Crippen molar-refractivity contribution in [2.24, 2.45) is 11.3 Å². The SMILES string of the molecule is CC(C)c1ccc2c(c1)CC[C@@H]1[C@](C)(CNCc3ccc4c(c3)OCO4)CCC[C@]21C. The molecule has 5 rings (SSSR count). The standard InChI is InChI=1S/C28H37NO2/c1-19(2)21-7-9-23-22(15-21)8-11-26-27(3,12-5-13-28(23,26)4)17-29-16-20-6-10-24-25(14-20)31-18-30-24/h6-7,9-10,14-15,19,26,29H,5,8,11-13,16-18H2,1-4H3/t26-,27+,28-/m1/s1. The van der Waals surface area contributed by atoms with Gasteiger partial charge in [0.25, 0.3) is 0 Å². The van der Waals surface area contributed by atoms with Gasteiger partial charge in [0.05, 0.1) is 0 Å². The van der Waals surface area contributed by atoms with E-state index < -0.39 is 0 Å². The highest BCUT2D eigenvalue weighted by atomic mass is 16.7. The first-order valence-electron chi connectivity index (χ1n) is 12.1. The summed E-state index contributed by atoms with van der Waals surface area (Å²) in [6.07, 6.45) is 6.51. The van der Waals surface area contributed by atoms with Gasteiger partial charge in [-0.15, -0.1) is 0 Å². The molecule has 0 amide bonds. The quantitative estimate of drug-likeness (QED) is 0.613. The van der Waals surface area contributed by atoms with Crippen molar-refractivity contribution in [3.63, 3.8) is 0 Å². The number of rotatable bonds is 5. The zero-order chi connectivity index (χ0) is 21.6. The molecule has 3 nitrogen and oxygen atoms in total. The number of benzene rings is 2. The van der Waals surface area contributed by atoms with E-state index in [0.717, 1.165) is 30.5 Å². The van der Waals surface area contributed by atoms with Crippen molar-refractivity contribution in [1.82, 2.24) is 5.32 Å². The fourth-order valence-corrected chi connectivity index (χ4v) is 6.76. The first kappa shape index (κ1) is 20.9. The summed E-state index contributed by atoms with van der Waals surface area (Å²) in [5, 5.41) is 3.80. The molecule has 2 aromatic carbocycles. The summed E-state index contributed by atoms with van der Waals surface area (Å²) in [5.74, 6) is 3.07. The van der Waals surface area contributed by atoms with Gasteiger partial charge >= 0.3 is 0 Å². The van der Waals surface area contributed by atoms with Crippen LogP contribution in [0.25, 0.3) is 0 Å². The second-order valence-corrected chi connectivity index (χ2v) is 10.9. The zero-order valence-corrected chi connectivity index (χ0v) is 19.6. The monoisotopic (exact) mass is 419 g/mol. The molecule has 2 aliphatic carbocycles. The van der Waals surface area contributed by atoms with Gasteiger partial charge in [0.1, 0.15) is 0 Å². The fourth-order valence-electron chi connectivity index (χ4n) is 6.76. The minimum Gasteiger partial charge on any atom is -0.454 e. The number of nitrogens with one attached hydrogen (secondary N) is 1. The number of ether oxygens (including phenoxy) is 2. The highest BCUT2D eigenvalue weighted by molar-refractivity contribution is 5.44. The molecule has 0 spiro atoms. The predicted octanol–water partition coefficient (Wildman–Crippen LogP) is 6.34. The van der Waals surface area contributed by atoms with Crippen LogP contribution in [-0.4, -0.2) is 13.3 Å². The molecule has 1 saturated carbocycles. The van der Waals surface area contributed by atoms with Gasteiger partial charge < -0.3 is 14.8 Å². The average Bonchev–Trinajstić information content (AvgIpc) is 3.21. The highest BCUT2D eigenvalue weighted by Gasteiger charge is 2.51. The summed E-state index contributed by atoms with van der Waals surface area (Å²) in [7, 11) is 0. The van der Waals surface area contributed by atoms with Crippen LogP contribution < -0.4 is 14.8 Å². The predicted molar refractivity (Wildman–Crippen MR) is 126 cm³/mol. The van der Waals surface area contributed by atoms with Gasteiger partial charge in [-0.2, -0.15) is 0 Å². The molecule has 1 fully saturated rings. The maximum atomic E-state index is 5.55. The van der Waals surface area contributed by atoms with Gasteiger partial charge in [0, 0.05) is 13.1 Å². The maximum Gasteiger partial charge on any atom is 0.231 e. The largest absolute Gasteiger partial charge is 0.454 e. The van der Waals surface area contributed by atoms with Crippen LogP contribution in [0.15, 0.2) is 36.4 Å². The molecule has 3 aliphatic rings. The summed E-state index contributed by atoms with van der Waals surface area (Å²) in [6, 6.07) is 13.7. The van der Waals surface area contributed by atoms with Crippen LogP contribution in [0.5, 0.6) is 11.5 Å². The molecule has 3 heteroatoms. The van der Waals surface area contributed by atoms with Crippen LogP contribution in [0.2, 0.25) is 0 Å². The van der Waals surface area contributed by atoms with Crippen molar-refractivity contribution in [3.8, 4) is 11.5 Å². The van der Waals surface area contributed by atoms with Crippen molar-refractivity contribution in [1.29, 1.82) is 0 Å². The van der Waals surface area contributed by atoms with Crippen LogP contribution in [0, 0.1) is 11.3 Å². The number of hydrogen-bond acceptors (Lipinski definition) is 3. The van der Waals surface area contributed by atoms with Crippen LogP contribution in [-0.2, 0) is 18.4 Å². The van der Waals surface area contributed by atoms with Gasteiger partial charge in [-0.3, -0.25) is 0 Å². The second kappa shape index (κ2) is 7.85. The molecule has 1 N–H and O–H groups in total. The van der Waals surface area contributed by atoms with Gasteiger partial charge in [-0.1, -0.05) is 58.4 Å². The van der Waals surface area contributed by atoms with E-state index in [2.05, 4.69) is 63.3 Å². The lowest BCUT2D eigenvalue weighted by Gasteiger charge is -2.55. The highest BCUT2D eigenvalue weighted by Crippen LogP contribution is 2.57. The summed E-state index contributed by atoms with van der Waals surface area (Å²) >= 11 is 0. The number of fused-ring (bicyclic) bond motifs is 4. The molecular weight excluding hydrogens is 382 g/mol. The third-order valence-corrected chi connectivity index (χ3v) is 8.46. The van der Waals surface area contributed by atoms with E-state index in [1.807, 2.05) is 6.07 Å². The summed E-state index contributed by atoms with van der Waals surface area (Å²) in [4.78, 5) is 0. The molecule has 1 aliphatic heterocycles. The molecule has 0 aromatic heterocycles. The summed E-state index contributed by atoms with van der Waals surface area (Å²) in [5.41, 5.74) is 6.64. The maximum absolute atomic E-state index is 5.55. The van der Waals surface area contributed by atoms with E-state index in [1.54, 1.807) is 11.1 Å². The Balaban J connectivity index is 1.32. The van der Waals surface area contributed by atoms with Gasteiger partial charge in [0.15, 0.2) is 11.5 Å². The Hall–Kier alpha value is -2.00. The molecule has 0 bridgehead atoms. The molecule has 0 saturated heterocycles. The van der Waals surface area contributed by atoms with Crippen LogP contribution in [0.4, 0.5) is 0 Å². The molecule has 3 atom stereocenters. The fraction of sp³-hybridized carbons (Fsp3) is 0.571.